The monoisotopic (exact) mass is 210 g/mol. The molecule has 2 aromatic carbocycles. The number of carbonyl (C=O) groups is 2. The molecule has 0 bridgehead atoms. The molecule has 78 valence electrons. The molecule has 0 amide bonds. The third kappa shape index (κ3) is 1.07. The van der Waals surface area contributed by atoms with Crippen LogP contribution in [0.25, 0.3) is 10.8 Å². The first-order valence-corrected chi connectivity index (χ1v) is 5.27. The van der Waals surface area contributed by atoms with Gasteiger partial charge in [0.2, 0.25) is 0 Å². The third-order valence-corrected chi connectivity index (χ3v) is 3.16. The van der Waals surface area contributed by atoms with Crippen molar-refractivity contribution in [3.05, 3.63) is 47.0 Å². The molecule has 0 N–H and O–H groups in total. The molecule has 1 aliphatic rings. The number of carbonyl (C=O) groups excluding carboxylic acids is 2. The summed E-state index contributed by atoms with van der Waals surface area (Å²) in [4.78, 5) is 23.2. The van der Waals surface area contributed by atoms with E-state index < -0.39 is 0 Å². The zero-order chi connectivity index (χ0) is 11.3. The van der Waals surface area contributed by atoms with Crippen LogP contribution in [0.5, 0.6) is 0 Å². The highest BCUT2D eigenvalue weighted by Gasteiger charge is 2.23. The molecular formula is C14H10O2. The van der Waals surface area contributed by atoms with Crippen LogP contribution < -0.4 is 0 Å². The highest BCUT2D eigenvalue weighted by Crippen LogP contribution is 2.32. The van der Waals surface area contributed by atoms with Crippen LogP contribution in [0.4, 0.5) is 0 Å². The molecule has 2 heteroatoms. The number of ketones is 2. The minimum atomic E-state index is 0.0445. The van der Waals surface area contributed by atoms with Gasteiger partial charge < -0.3 is 0 Å². The van der Waals surface area contributed by atoms with E-state index >= 15 is 0 Å². The fraction of sp³-hybridized carbons (Fsp3) is 0.143. The van der Waals surface area contributed by atoms with Crippen LogP contribution in [0.3, 0.4) is 0 Å². The normalized spacial score (nSPS) is 13.4. The van der Waals surface area contributed by atoms with Crippen molar-refractivity contribution in [3.8, 4) is 0 Å². The Morgan fingerprint density at radius 2 is 2.00 bits per heavy atom. The van der Waals surface area contributed by atoms with Crippen LogP contribution in [0.2, 0.25) is 0 Å². The van der Waals surface area contributed by atoms with Crippen molar-refractivity contribution in [2.75, 3.05) is 0 Å². The quantitative estimate of drug-likeness (QED) is 0.678. The minimum Gasteiger partial charge on any atom is -0.294 e. The van der Waals surface area contributed by atoms with Crippen LogP contribution in [0.15, 0.2) is 30.3 Å². The Balaban J connectivity index is 2.50. The van der Waals surface area contributed by atoms with Crippen LogP contribution in [-0.2, 0) is 6.42 Å². The van der Waals surface area contributed by atoms with E-state index in [4.69, 9.17) is 0 Å². The smallest absolute Gasteiger partial charge is 0.167 e. The zero-order valence-electron chi connectivity index (χ0n) is 8.91. The number of hydrogen-bond acceptors (Lipinski definition) is 2. The molecule has 2 aromatic rings. The lowest BCUT2D eigenvalue weighted by molar-refractivity contribution is 0.0996. The topological polar surface area (TPSA) is 34.1 Å². The van der Waals surface area contributed by atoms with Crippen molar-refractivity contribution in [1.29, 1.82) is 0 Å². The van der Waals surface area contributed by atoms with Crippen molar-refractivity contribution < 1.29 is 9.59 Å². The van der Waals surface area contributed by atoms with E-state index in [2.05, 4.69) is 0 Å². The summed E-state index contributed by atoms with van der Waals surface area (Å²) in [5, 5.41) is 1.88. The number of rotatable bonds is 1. The molecule has 0 unspecified atom stereocenters. The van der Waals surface area contributed by atoms with Crippen LogP contribution in [0.1, 0.15) is 33.2 Å². The van der Waals surface area contributed by atoms with Gasteiger partial charge in [0.05, 0.1) is 0 Å². The molecule has 0 aliphatic heterocycles. The summed E-state index contributed by atoms with van der Waals surface area (Å²) >= 11 is 0. The molecule has 0 spiro atoms. The van der Waals surface area contributed by atoms with E-state index in [-0.39, 0.29) is 11.6 Å². The van der Waals surface area contributed by atoms with Gasteiger partial charge in [-0.25, -0.2) is 0 Å². The molecule has 0 heterocycles. The second-order valence-electron chi connectivity index (χ2n) is 4.16. The SMILES string of the molecule is CC(=O)c1ccc2c3c(cccc13)C(=O)C2. The van der Waals surface area contributed by atoms with Crippen molar-refractivity contribution in [2.24, 2.45) is 0 Å². The molecule has 0 saturated carbocycles. The Labute approximate surface area is 92.9 Å². The van der Waals surface area contributed by atoms with E-state index in [0.717, 1.165) is 21.9 Å². The lowest BCUT2D eigenvalue weighted by atomic mass is 9.98. The van der Waals surface area contributed by atoms with Gasteiger partial charge in [0.25, 0.3) is 0 Å². The Morgan fingerprint density at radius 3 is 2.75 bits per heavy atom. The molecule has 0 atom stereocenters. The van der Waals surface area contributed by atoms with Gasteiger partial charge in [0.15, 0.2) is 11.6 Å². The summed E-state index contributed by atoms with van der Waals surface area (Å²) in [6.45, 7) is 1.56. The van der Waals surface area contributed by atoms with Gasteiger partial charge in [0, 0.05) is 17.5 Å². The largest absolute Gasteiger partial charge is 0.294 e. The molecular weight excluding hydrogens is 200 g/mol. The van der Waals surface area contributed by atoms with Crippen LogP contribution in [-0.4, -0.2) is 11.6 Å². The van der Waals surface area contributed by atoms with E-state index in [9.17, 15) is 9.59 Å². The lowest BCUT2D eigenvalue weighted by Gasteiger charge is -2.05. The zero-order valence-corrected chi connectivity index (χ0v) is 8.91. The summed E-state index contributed by atoms with van der Waals surface area (Å²) in [6.07, 6.45) is 0.466. The summed E-state index contributed by atoms with van der Waals surface area (Å²) in [7, 11) is 0. The predicted octanol–water partition coefficient (Wildman–Crippen LogP) is 2.78. The van der Waals surface area contributed by atoms with E-state index in [1.807, 2.05) is 30.3 Å². The average Bonchev–Trinajstić information content (AvgIpc) is 2.58. The number of hydrogen-bond donors (Lipinski definition) is 0. The standard InChI is InChI=1S/C14H10O2/c1-8(15)10-6-5-9-7-13(16)12-4-2-3-11(10)14(9)12/h2-6H,7H2,1H3. The van der Waals surface area contributed by atoms with Crippen molar-refractivity contribution in [3.63, 3.8) is 0 Å². The molecule has 0 aromatic heterocycles. The van der Waals surface area contributed by atoms with E-state index in [1.165, 1.54) is 0 Å². The third-order valence-electron chi connectivity index (χ3n) is 3.16. The first-order valence-electron chi connectivity index (χ1n) is 5.27. The van der Waals surface area contributed by atoms with Crippen molar-refractivity contribution in [2.45, 2.75) is 13.3 Å². The second kappa shape index (κ2) is 3.01. The molecule has 0 radical (unpaired) electrons. The Bertz CT molecular complexity index is 638. The number of benzene rings is 2. The lowest BCUT2D eigenvalue weighted by Crippen LogP contribution is -1.94. The Kier molecular flexibility index (Phi) is 1.75. The van der Waals surface area contributed by atoms with Gasteiger partial charge in [0.1, 0.15) is 0 Å². The Hall–Kier alpha value is -1.96. The highest BCUT2D eigenvalue weighted by molar-refractivity contribution is 6.19. The maximum Gasteiger partial charge on any atom is 0.167 e. The highest BCUT2D eigenvalue weighted by atomic mass is 16.1. The van der Waals surface area contributed by atoms with Gasteiger partial charge in [-0.1, -0.05) is 30.3 Å². The predicted molar refractivity (Wildman–Crippen MR) is 62.0 cm³/mol. The summed E-state index contributed by atoms with van der Waals surface area (Å²) < 4.78 is 0. The maximum atomic E-state index is 11.7. The van der Waals surface area contributed by atoms with Crippen molar-refractivity contribution >= 4 is 22.3 Å². The second-order valence-corrected chi connectivity index (χ2v) is 4.16. The molecule has 1 aliphatic carbocycles. The van der Waals surface area contributed by atoms with Gasteiger partial charge >= 0.3 is 0 Å². The van der Waals surface area contributed by atoms with E-state index in [0.29, 0.717) is 12.0 Å². The fourth-order valence-electron chi connectivity index (χ4n) is 2.43. The molecule has 0 saturated heterocycles. The van der Waals surface area contributed by atoms with Gasteiger partial charge in [-0.15, -0.1) is 0 Å². The molecule has 2 nitrogen and oxygen atoms in total. The molecule has 0 fully saturated rings. The Morgan fingerprint density at radius 1 is 1.19 bits per heavy atom. The fourth-order valence-corrected chi connectivity index (χ4v) is 2.43. The molecule has 16 heavy (non-hydrogen) atoms. The molecule has 3 rings (SSSR count). The summed E-state index contributed by atoms with van der Waals surface area (Å²) in [6, 6.07) is 9.32. The van der Waals surface area contributed by atoms with Gasteiger partial charge in [-0.3, -0.25) is 9.59 Å². The summed E-state index contributed by atoms with van der Waals surface area (Å²) in [5.41, 5.74) is 2.51. The average molecular weight is 210 g/mol. The maximum absolute atomic E-state index is 11.7. The van der Waals surface area contributed by atoms with Crippen molar-refractivity contribution in [1.82, 2.24) is 0 Å². The summed E-state index contributed by atoms with van der Waals surface area (Å²) in [5.74, 6) is 0.198. The minimum absolute atomic E-state index is 0.0445. The van der Waals surface area contributed by atoms with Gasteiger partial charge in [-0.2, -0.15) is 0 Å². The van der Waals surface area contributed by atoms with Gasteiger partial charge in [-0.05, 0) is 23.3 Å². The first-order chi connectivity index (χ1) is 7.68. The van der Waals surface area contributed by atoms with Crippen LogP contribution >= 0.6 is 0 Å². The van der Waals surface area contributed by atoms with E-state index in [1.54, 1.807) is 6.92 Å². The number of Topliss-reactive ketones (excluding diaryl/α,β-unsaturated/α-hetero) is 2. The van der Waals surface area contributed by atoms with Crippen LogP contribution in [0, 0.1) is 0 Å². The first kappa shape index (κ1) is 9.28.